The standard InChI is InChI=1S/C28H26N4.C2HF3O2/c1-20-3-2-4-26-27(20)32-28(31-26)25-11-9-24(10-12-25)23-7-5-22(6-8-23)19-30-18-15-21-13-16-29-17-14-21;3-2(4,5)1(6)7/h2-14,16-17,30H,15,18-19H2,1H3,(H,31,32);(H,6,7). The number of carbonyl (C=O) groups is 1. The number of hydrogen-bond acceptors (Lipinski definition) is 4. The number of aliphatic carboxylic acids is 1. The summed E-state index contributed by atoms with van der Waals surface area (Å²) in [5, 5.41) is 10.6. The van der Waals surface area contributed by atoms with E-state index in [9.17, 15) is 13.2 Å². The Bertz CT molecular complexity index is 1510. The van der Waals surface area contributed by atoms with Gasteiger partial charge in [0.25, 0.3) is 0 Å². The van der Waals surface area contributed by atoms with E-state index >= 15 is 0 Å². The zero-order valence-electron chi connectivity index (χ0n) is 21.2. The molecule has 0 aliphatic heterocycles. The lowest BCUT2D eigenvalue weighted by Gasteiger charge is -2.07. The molecule has 6 nitrogen and oxygen atoms in total. The lowest BCUT2D eigenvalue weighted by molar-refractivity contribution is -0.192. The van der Waals surface area contributed by atoms with Gasteiger partial charge in [0.1, 0.15) is 5.82 Å². The van der Waals surface area contributed by atoms with Gasteiger partial charge in [-0.15, -0.1) is 0 Å². The maximum atomic E-state index is 10.6. The molecule has 2 heterocycles. The van der Waals surface area contributed by atoms with E-state index in [-0.39, 0.29) is 0 Å². The van der Waals surface area contributed by atoms with Crippen molar-refractivity contribution < 1.29 is 23.1 Å². The number of aromatic amines is 1. The van der Waals surface area contributed by atoms with Crippen LogP contribution in [-0.2, 0) is 17.8 Å². The number of benzene rings is 3. The van der Waals surface area contributed by atoms with E-state index in [1.54, 1.807) is 0 Å². The van der Waals surface area contributed by atoms with Gasteiger partial charge >= 0.3 is 12.1 Å². The zero-order chi connectivity index (χ0) is 27.8. The summed E-state index contributed by atoms with van der Waals surface area (Å²) in [5.74, 6) is -1.85. The Hall–Kier alpha value is -4.50. The Morgan fingerprint density at radius 3 is 2.05 bits per heavy atom. The van der Waals surface area contributed by atoms with Gasteiger partial charge in [0.15, 0.2) is 0 Å². The van der Waals surface area contributed by atoms with Crippen molar-refractivity contribution >= 4 is 17.0 Å². The Kier molecular flexibility index (Phi) is 8.73. The monoisotopic (exact) mass is 532 g/mol. The zero-order valence-corrected chi connectivity index (χ0v) is 21.2. The van der Waals surface area contributed by atoms with Crippen LogP contribution >= 0.6 is 0 Å². The molecule has 200 valence electrons. The number of H-pyrrole nitrogens is 1. The van der Waals surface area contributed by atoms with Gasteiger partial charge in [0, 0.05) is 24.5 Å². The second-order valence-corrected chi connectivity index (χ2v) is 8.92. The summed E-state index contributed by atoms with van der Waals surface area (Å²) in [7, 11) is 0. The average molecular weight is 533 g/mol. The number of rotatable bonds is 7. The van der Waals surface area contributed by atoms with Crippen LogP contribution in [0.2, 0.25) is 0 Å². The summed E-state index contributed by atoms with van der Waals surface area (Å²) in [5.41, 5.74) is 9.43. The first-order chi connectivity index (χ1) is 18.7. The summed E-state index contributed by atoms with van der Waals surface area (Å²) in [4.78, 5) is 21.2. The highest BCUT2D eigenvalue weighted by atomic mass is 19.4. The Morgan fingerprint density at radius 2 is 1.46 bits per heavy atom. The summed E-state index contributed by atoms with van der Waals surface area (Å²) in [6.45, 7) is 3.92. The Labute approximate surface area is 223 Å². The number of imidazole rings is 1. The van der Waals surface area contributed by atoms with Crippen LogP contribution in [0.15, 0.2) is 91.3 Å². The van der Waals surface area contributed by atoms with Crippen molar-refractivity contribution in [1.29, 1.82) is 0 Å². The van der Waals surface area contributed by atoms with Crippen molar-refractivity contribution in [3.63, 3.8) is 0 Å². The van der Waals surface area contributed by atoms with Crippen molar-refractivity contribution in [3.05, 3.63) is 108 Å². The number of carboxylic acids is 1. The van der Waals surface area contributed by atoms with Gasteiger partial charge in [-0.1, -0.05) is 60.7 Å². The largest absolute Gasteiger partial charge is 0.490 e. The number of pyridine rings is 1. The number of alkyl halides is 3. The molecule has 0 fully saturated rings. The van der Waals surface area contributed by atoms with Gasteiger partial charge in [0.2, 0.25) is 0 Å². The fourth-order valence-electron chi connectivity index (χ4n) is 3.96. The normalized spacial score (nSPS) is 11.2. The SMILES string of the molecule is Cc1cccc2[nH]c(-c3ccc(-c4ccc(CNCCc5ccncc5)cc4)cc3)nc12.O=C(O)C(F)(F)F. The van der Waals surface area contributed by atoms with Crippen LogP contribution in [-0.4, -0.2) is 38.7 Å². The number of carboxylic acid groups (broad SMARTS) is 1. The third kappa shape index (κ3) is 7.52. The van der Waals surface area contributed by atoms with Crippen LogP contribution in [0, 0.1) is 6.92 Å². The first kappa shape index (κ1) is 27.5. The van der Waals surface area contributed by atoms with Gasteiger partial charge in [-0.3, -0.25) is 4.98 Å². The highest BCUT2D eigenvalue weighted by Gasteiger charge is 2.38. The van der Waals surface area contributed by atoms with Crippen molar-refractivity contribution in [2.45, 2.75) is 26.1 Å². The van der Waals surface area contributed by atoms with Crippen molar-refractivity contribution in [1.82, 2.24) is 20.3 Å². The van der Waals surface area contributed by atoms with E-state index in [4.69, 9.17) is 14.9 Å². The van der Waals surface area contributed by atoms with Crippen LogP contribution in [0.25, 0.3) is 33.5 Å². The fraction of sp³-hybridized carbons (Fsp3) is 0.167. The molecule has 0 unspecified atom stereocenters. The fourth-order valence-corrected chi connectivity index (χ4v) is 3.96. The van der Waals surface area contributed by atoms with E-state index in [2.05, 4.69) is 101 Å². The topological polar surface area (TPSA) is 90.9 Å². The minimum Gasteiger partial charge on any atom is -0.475 e. The van der Waals surface area contributed by atoms with Crippen molar-refractivity contribution in [3.8, 4) is 22.5 Å². The minimum absolute atomic E-state index is 0.871. The number of fused-ring (bicyclic) bond motifs is 1. The number of nitrogens with zero attached hydrogens (tertiary/aromatic N) is 2. The van der Waals surface area contributed by atoms with Crippen LogP contribution in [0.3, 0.4) is 0 Å². The molecule has 0 saturated carbocycles. The predicted molar refractivity (Wildman–Crippen MR) is 145 cm³/mol. The second kappa shape index (κ2) is 12.4. The molecule has 0 aliphatic carbocycles. The molecule has 0 saturated heterocycles. The molecule has 3 aromatic carbocycles. The first-order valence-electron chi connectivity index (χ1n) is 12.3. The molecule has 5 rings (SSSR count). The van der Waals surface area contributed by atoms with Gasteiger partial charge < -0.3 is 15.4 Å². The van der Waals surface area contributed by atoms with Crippen LogP contribution < -0.4 is 5.32 Å². The highest BCUT2D eigenvalue weighted by molar-refractivity contribution is 5.82. The predicted octanol–water partition coefficient (Wildman–Crippen LogP) is 6.57. The number of nitrogens with one attached hydrogen (secondary N) is 2. The molecule has 9 heteroatoms. The summed E-state index contributed by atoms with van der Waals surface area (Å²) in [6.07, 6.45) is -0.381. The van der Waals surface area contributed by atoms with Crippen LogP contribution in [0.5, 0.6) is 0 Å². The van der Waals surface area contributed by atoms with Crippen LogP contribution in [0.1, 0.15) is 16.7 Å². The number of para-hydroxylation sites is 1. The van der Waals surface area contributed by atoms with E-state index in [1.165, 1.54) is 27.8 Å². The Balaban J connectivity index is 0.000000448. The minimum atomic E-state index is -5.08. The molecule has 0 amide bonds. The van der Waals surface area contributed by atoms with Gasteiger partial charge in [-0.05, 0) is 65.9 Å². The second-order valence-electron chi connectivity index (χ2n) is 8.92. The molecule has 0 spiro atoms. The lowest BCUT2D eigenvalue weighted by Crippen LogP contribution is -2.21. The molecule has 3 N–H and O–H groups in total. The van der Waals surface area contributed by atoms with Crippen LogP contribution in [0.4, 0.5) is 13.2 Å². The van der Waals surface area contributed by atoms with Gasteiger partial charge in [-0.2, -0.15) is 13.2 Å². The van der Waals surface area contributed by atoms with E-state index in [1.807, 2.05) is 12.4 Å². The molecule has 0 atom stereocenters. The number of hydrogen-bond donors (Lipinski definition) is 3. The summed E-state index contributed by atoms with van der Waals surface area (Å²) in [6, 6.07) is 27.7. The van der Waals surface area contributed by atoms with Gasteiger partial charge in [0.05, 0.1) is 11.0 Å². The van der Waals surface area contributed by atoms with E-state index < -0.39 is 12.1 Å². The molecule has 0 aliphatic rings. The number of aryl methyl sites for hydroxylation is 1. The number of aromatic nitrogens is 3. The summed E-state index contributed by atoms with van der Waals surface area (Å²) < 4.78 is 31.7. The highest BCUT2D eigenvalue weighted by Crippen LogP contribution is 2.26. The van der Waals surface area contributed by atoms with Gasteiger partial charge in [-0.25, -0.2) is 9.78 Å². The molecule has 39 heavy (non-hydrogen) atoms. The maximum absolute atomic E-state index is 10.6. The Morgan fingerprint density at radius 1 is 0.872 bits per heavy atom. The van der Waals surface area contributed by atoms with E-state index in [0.717, 1.165) is 41.9 Å². The molecular weight excluding hydrogens is 505 g/mol. The first-order valence-corrected chi connectivity index (χ1v) is 12.3. The van der Waals surface area contributed by atoms with Crippen molar-refractivity contribution in [2.75, 3.05) is 6.54 Å². The molecule has 0 bridgehead atoms. The molecular formula is C30H27F3N4O2. The third-order valence-corrected chi connectivity index (χ3v) is 6.07. The quantitative estimate of drug-likeness (QED) is 0.206. The molecule has 0 radical (unpaired) electrons. The molecule has 5 aromatic rings. The summed E-state index contributed by atoms with van der Waals surface area (Å²) >= 11 is 0. The van der Waals surface area contributed by atoms with Crippen molar-refractivity contribution in [2.24, 2.45) is 0 Å². The molecule has 2 aromatic heterocycles. The number of halogens is 3. The smallest absolute Gasteiger partial charge is 0.475 e. The van der Waals surface area contributed by atoms with E-state index in [0.29, 0.717) is 0 Å². The maximum Gasteiger partial charge on any atom is 0.490 e. The average Bonchev–Trinajstić information content (AvgIpc) is 3.38. The third-order valence-electron chi connectivity index (χ3n) is 6.07. The lowest BCUT2D eigenvalue weighted by atomic mass is 10.0.